The van der Waals surface area contributed by atoms with Crippen molar-refractivity contribution in [2.24, 2.45) is 0 Å². The average Bonchev–Trinajstić information content (AvgIpc) is 2.91. The van der Waals surface area contributed by atoms with Crippen molar-refractivity contribution >= 4 is 29.3 Å². The molecule has 0 atom stereocenters. The highest BCUT2D eigenvalue weighted by atomic mass is 32.2. The third-order valence-electron chi connectivity index (χ3n) is 3.55. The van der Waals surface area contributed by atoms with Gasteiger partial charge in [0.1, 0.15) is 5.03 Å². The summed E-state index contributed by atoms with van der Waals surface area (Å²) in [4.78, 5) is 28.3. The minimum Gasteiger partial charge on any atom is -0.490 e. The SMILES string of the molecule is CSc1ncccc1C(=O)OCC(=O)Nc1ccc2c(c1)OCCCO2. The summed E-state index contributed by atoms with van der Waals surface area (Å²) in [5, 5.41) is 3.23. The van der Waals surface area contributed by atoms with Crippen molar-refractivity contribution in [2.75, 3.05) is 31.4 Å². The van der Waals surface area contributed by atoms with Crippen molar-refractivity contribution in [1.82, 2.24) is 4.98 Å². The van der Waals surface area contributed by atoms with Gasteiger partial charge in [-0.15, -0.1) is 11.8 Å². The number of hydrogen-bond donors (Lipinski definition) is 1. The molecule has 0 radical (unpaired) electrons. The maximum Gasteiger partial charge on any atom is 0.341 e. The number of hydrogen-bond acceptors (Lipinski definition) is 7. The van der Waals surface area contributed by atoms with Gasteiger partial charge in [0.2, 0.25) is 0 Å². The van der Waals surface area contributed by atoms with E-state index in [4.69, 9.17) is 14.2 Å². The summed E-state index contributed by atoms with van der Waals surface area (Å²) in [5.74, 6) is 0.198. The van der Waals surface area contributed by atoms with Gasteiger partial charge in [-0.05, 0) is 30.5 Å². The van der Waals surface area contributed by atoms with Gasteiger partial charge in [0.25, 0.3) is 5.91 Å². The van der Waals surface area contributed by atoms with Gasteiger partial charge in [-0.2, -0.15) is 0 Å². The molecule has 26 heavy (non-hydrogen) atoms. The zero-order valence-electron chi connectivity index (χ0n) is 14.2. The quantitative estimate of drug-likeness (QED) is 0.636. The number of amides is 1. The molecule has 1 aromatic heterocycles. The highest BCUT2D eigenvalue weighted by Gasteiger charge is 2.16. The van der Waals surface area contributed by atoms with Crippen LogP contribution in [-0.2, 0) is 9.53 Å². The summed E-state index contributed by atoms with van der Waals surface area (Å²) in [5.41, 5.74) is 0.879. The highest BCUT2D eigenvalue weighted by molar-refractivity contribution is 7.98. The van der Waals surface area contributed by atoms with Gasteiger partial charge in [-0.25, -0.2) is 9.78 Å². The minimum absolute atomic E-state index is 0.336. The Bertz CT molecular complexity index is 812. The van der Waals surface area contributed by atoms with E-state index >= 15 is 0 Å². The first-order chi connectivity index (χ1) is 12.7. The molecule has 0 bridgehead atoms. The van der Waals surface area contributed by atoms with Crippen LogP contribution in [0.3, 0.4) is 0 Å². The lowest BCUT2D eigenvalue weighted by atomic mass is 10.2. The molecule has 8 heteroatoms. The molecule has 0 aliphatic carbocycles. The second-order valence-electron chi connectivity index (χ2n) is 5.40. The van der Waals surface area contributed by atoms with Gasteiger partial charge >= 0.3 is 5.97 Å². The molecule has 0 spiro atoms. The topological polar surface area (TPSA) is 86.8 Å². The molecular formula is C18H18N2O5S. The van der Waals surface area contributed by atoms with E-state index in [9.17, 15) is 9.59 Å². The molecule has 0 saturated carbocycles. The first-order valence-electron chi connectivity index (χ1n) is 8.03. The fraction of sp³-hybridized carbons (Fsp3) is 0.278. The predicted molar refractivity (Wildman–Crippen MR) is 97.0 cm³/mol. The number of fused-ring (bicyclic) bond motifs is 1. The van der Waals surface area contributed by atoms with Crippen molar-refractivity contribution < 1.29 is 23.8 Å². The van der Waals surface area contributed by atoms with Crippen LogP contribution in [0.1, 0.15) is 16.8 Å². The lowest BCUT2D eigenvalue weighted by Crippen LogP contribution is -2.21. The molecule has 3 rings (SSSR count). The summed E-state index contributed by atoms with van der Waals surface area (Å²) in [6, 6.07) is 8.40. The Hall–Kier alpha value is -2.74. The Kier molecular flexibility index (Phi) is 5.96. The Labute approximate surface area is 155 Å². The van der Waals surface area contributed by atoms with Gasteiger partial charge in [0.05, 0.1) is 18.8 Å². The molecule has 0 unspecified atom stereocenters. The molecule has 1 amide bonds. The van der Waals surface area contributed by atoms with Gasteiger partial charge < -0.3 is 19.5 Å². The second kappa shape index (κ2) is 8.57. The molecule has 2 aromatic rings. The van der Waals surface area contributed by atoms with Crippen molar-refractivity contribution in [2.45, 2.75) is 11.4 Å². The number of ether oxygens (including phenoxy) is 3. The van der Waals surface area contributed by atoms with Gasteiger partial charge in [0, 0.05) is 24.4 Å². The Morgan fingerprint density at radius 3 is 2.85 bits per heavy atom. The highest BCUT2D eigenvalue weighted by Crippen LogP contribution is 2.32. The number of esters is 1. The van der Waals surface area contributed by atoms with Crippen LogP contribution in [0.5, 0.6) is 11.5 Å². The molecule has 136 valence electrons. The molecule has 1 N–H and O–H groups in total. The lowest BCUT2D eigenvalue weighted by Gasteiger charge is -2.11. The van der Waals surface area contributed by atoms with Crippen molar-refractivity contribution in [1.29, 1.82) is 0 Å². The van der Waals surface area contributed by atoms with E-state index < -0.39 is 18.5 Å². The van der Waals surface area contributed by atoms with Crippen LogP contribution in [0.4, 0.5) is 5.69 Å². The molecule has 1 aliphatic rings. The minimum atomic E-state index is -0.587. The predicted octanol–water partition coefficient (Wildman–Crippen LogP) is 2.76. The fourth-order valence-corrected chi connectivity index (χ4v) is 2.89. The summed E-state index contributed by atoms with van der Waals surface area (Å²) >= 11 is 1.34. The molecule has 0 saturated heterocycles. The molecule has 2 heterocycles. The third kappa shape index (κ3) is 4.45. The Morgan fingerprint density at radius 1 is 1.23 bits per heavy atom. The van der Waals surface area contributed by atoms with Gasteiger partial charge in [-0.3, -0.25) is 4.79 Å². The number of carbonyl (C=O) groups is 2. The van der Waals surface area contributed by atoms with Gasteiger partial charge in [0.15, 0.2) is 18.1 Å². The van der Waals surface area contributed by atoms with Crippen LogP contribution < -0.4 is 14.8 Å². The number of pyridine rings is 1. The Balaban J connectivity index is 1.57. The van der Waals surface area contributed by atoms with Crippen LogP contribution in [0.25, 0.3) is 0 Å². The zero-order valence-corrected chi connectivity index (χ0v) is 15.0. The van der Waals surface area contributed by atoms with Crippen LogP contribution >= 0.6 is 11.8 Å². The molecule has 1 aromatic carbocycles. The molecule has 7 nitrogen and oxygen atoms in total. The number of nitrogens with zero attached hydrogens (tertiary/aromatic N) is 1. The number of benzene rings is 1. The van der Waals surface area contributed by atoms with E-state index in [1.54, 1.807) is 36.5 Å². The van der Waals surface area contributed by atoms with Crippen LogP contribution in [0.15, 0.2) is 41.6 Å². The summed E-state index contributed by atoms with van der Waals surface area (Å²) in [6.07, 6.45) is 4.22. The molecule has 0 fully saturated rings. The standard InChI is InChI=1S/C18H18N2O5S/c1-26-17-13(4-2-7-19-17)18(22)25-11-16(21)20-12-5-6-14-15(10-12)24-9-3-8-23-14/h2,4-7,10H,3,8-9,11H2,1H3,(H,20,21). The summed E-state index contributed by atoms with van der Waals surface area (Å²) < 4.78 is 16.2. The number of aromatic nitrogens is 1. The summed E-state index contributed by atoms with van der Waals surface area (Å²) in [6.45, 7) is 0.766. The van der Waals surface area contributed by atoms with E-state index in [0.29, 0.717) is 41.0 Å². The molecular weight excluding hydrogens is 356 g/mol. The largest absolute Gasteiger partial charge is 0.490 e. The monoisotopic (exact) mass is 374 g/mol. The maximum absolute atomic E-state index is 12.1. The smallest absolute Gasteiger partial charge is 0.341 e. The maximum atomic E-state index is 12.1. The number of carbonyl (C=O) groups excluding carboxylic acids is 2. The number of nitrogens with one attached hydrogen (secondary N) is 1. The van der Waals surface area contributed by atoms with E-state index in [1.807, 2.05) is 6.26 Å². The molecule has 1 aliphatic heterocycles. The number of thioether (sulfide) groups is 1. The van der Waals surface area contributed by atoms with E-state index in [0.717, 1.165) is 6.42 Å². The first kappa shape index (κ1) is 18.1. The van der Waals surface area contributed by atoms with E-state index in [-0.39, 0.29) is 0 Å². The zero-order chi connectivity index (χ0) is 18.4. The van der Waals surface area contributed by atoms with Gasteiger partial charge in [-0.1, -0.05) is 0 Å². The fourth-order valence-electron chi connectivity index (χ4n) is 2.36. The van der Waals surface area contributed by atoms with E-state index in [2.05, 4.69) is 10.3 Å². The Morgan fingerprint density at radius 2 is 2.04 bits per heavy atom. The number of rotatable bonds is 5. The van der Waals surface area contributed by atoms with Crippen LogP contribution in [0, 0.1) is 0 Å². The average molecular weight is 374 g/mol. The van der Waals surface area contributed by atoms with Crippen molar-refractivity contribution in [3.8, 4) is 11.5 Å². The normalized spacial score (nSPS) is 12.8. The van der Waals surface area contributed by atoms with Crippen LogP contribution in [-0.4, -0.2) is 42.9 Å². The summed E-state index contributed by atoms with van der Waals surface area (Å²) in [7, 11) is 0. The third-order valence-corrected chi connectivity index (χ3v) is 4.26. The lowest BCUT2D eigenvalue weighted by molar-refractivity contribution is -0.119. The van der Waals surface area contributed by atoms with E-state index in [1.165, 1.54) is 11.8 Å². The van der Waals surface area contributed by atoms with Crippen molar-refractivity contribution in [3.05, 3.63) is 42.1 Å². The number of anilines is 1. The van der Waals surface area contributed by atoms with Crippen LogP contribution in [0.2, 0.25) is 0 Å². The first-order valence-corrected chi connectivity index (χ1v) is 9.25. The van der Waals surface area contributed by atoms with Crippen molar-refractivity contribution in [3.63, 3.8) is 0 Å². The second-order valence-corrected chi connectivity index (χ2v) is 6.19.